The third-order valence-corrected chi connectivity index (χ3v) is 2.62. The molecule has 0 saturated heterocycles. The first-order valence-corrected chi connectivity index (χ1v) is 5.13. The predicted octanol–water partition coefficient (Wildman–Crippen LogP) is 2.91. The highest BCUT2D eigenvalue weighted by molar-refractivity contribution is 14.1. The molecule has 0 saturated carbocycles. The number of hydrogen-bond acceptors (Lipinski definition) is 4. The number of aromatic nitrogens is 1. The number of rotatable bonds is 3. The van der Waals surface area contributed by atoms with Crippen LogP contribution >= 0.6 is 34.2 Å². The molecule has 16 heavy (non-hydrogen) atoms. The van der Waals surface area contributed by atoms with Crippen molar-refractivity contribution < 1.29 is 18.5 Å². The van der Waals surface area contributed by atoms with Crippen molar-refractivity contribution in [2.75, 3.05) is 0 Å². The third-order valence-electron chi connectivity index (χ3n) is 1.57. The number of halogens is 4. The van der Waals surface area contributed by atoms with Crippen molar-refractivity contribution in [2.45, 2.75) is 6.43 Å². The van der Waals surface area contributed by atoms with Gasteiger partial charge in [0, 0.05) is 9.64 Å². The molecule has 0 aromatic carbocycles. The Morgan fingerprint density at radius 3 is 2.56 bits per heavy atom. The van der Waals surface area contributed by atoms with Gasteiger partial charge in [0.2, 0.25) is 5.69 Å². The molecule has 0 spiro atoms. The number of carbonyl (C=O) groups excluding carboxylic acids is 1. The van der Waals surface area contributed by atoms with Crippen LogP contribution in [0.3, 0.4) is 0 Å². The summed E-state index contributed by atoms with van der Waals surface area (Å²) in [5, 5.41) is 9.28. The number of carbonyl (C=O) groups is 1. The first-order chi connectivity index (χ1) is 7.34. The summed E-state index contributed by atoms with van der Waals surface area (Å²) >= 11 is 6.50. The van der Waals surface area contributed by atoms with Crippen LogP contribution in [0.25, 0.3) is 0 Å². The van der Waals surface area contributed by atoms with Crippen molar-refractivity contribution in [2.24, 2.45) is 0 Å². The largest absolute Gasteiger partial charge is 0.301 e. The molecule has 0 aliphatic rings. The van der Waals surface area contributed by atoms with Gasteiger partial charge in [-0.25, -0.2) is 13.8 Å². The van der Waals surface area contributed by atoms with Gasteiger partial charge in [0.15, 0.2) is 0 Å². The lowest BCUT2D eigenvalue weighted by atomic mass is 10.2. The third kappa shape index (κ3) is 2.61. The van der Waals surface area contributed by atoms with Crippen LogP contribution in [-0.4, -0.2) is 15.1 Å². The van der Waals surface area contributed by atoms with Crippen molar-refractivity contribution in [3.63, 3.8) is 0 Å². The molecule has 1 rings (SSSR count). The van der Waals surface area contributed by atoms with Crippen LogP contribution in [0.1, 0.15) is 22.6 Å². The molecule has 0 bridgehead atoms. The van der Waals surface area contributed by atoms with E-state index >= 15 is 0 Å². The monoisotopic (exact) mass is 362 g/mol. The molecule has 0 aliphatic carbocycles. The molecule has 86 valence electrons. The van der Waals surface area contributed by atoms with Gasteiger partial charge < -0.3 is 0 Å². The molecule has 1 aromatic rings. The number of nitrogens with zero attached hydrogens (tertiary/aromatic N) is 2. The summed E-state index contributed by atoms with van der Waals surface area (Å²) < 4.78 is 24.7. The van der Waals surface area contributed by atoms with Gasteiger partial charge in [0.1, 0.15) is 5.69 Å². The lowest BCUT2D eigenvalue weighted by Gasteiger charge is -2.04. The minimum atomic E-state index is -2.93. The van der Waals surface area contributed by atoms with Crippen LogP contribution in [0.15, 0.2) is 6.07 Å². The summed E-state index contributed by atoms with van der Waals surface area (Å²) in [6, 6.07) is 0.838. The smallest absolute Gasteiger partial charge is 0.274 e. The summed E-state index contributed by atoms with van der Waals surface area (Å²) in [6.45, 7) is 0. The first-order valence-electron chi connectivity index (χ1n) is 3.67. The quantitative estimate of drug-likeness (QED) is 0.359. The van der Waals surface area contributed by atoms with E-state index in [2.05, 4.69) is 4.98 Å². The van der Waals surface area contributed by atoms with Gasteiger partial charge in [-0.15, -0.1) is 0 Å². The summed E-state index contributed by atoms with van der Waals surface area (Å²) in [5.41, 5.74) is -2.16. The molecule has 1 heterocycles. The second kappa shape index (κ2) is 4.95. The zero-order valence-electron chi connectivity index (χ0n) is 7.29. The second-order valence-corrected chi connectivity index (χ2v) is 4.06. The summed E-state index contributed by atoms with van der Waals surface area (Å²) in [5.74, 6) is 0. The molecule has 0 unspecified atom stereocenters. The fourth-order valence-electron chi connectivity index (χ4n) is 0.930. The average Bonchev–Trinajstić information content (AvgIpc) is 2.15. The maximum atomic E-state index is 12.4. The normalized spacial score (nSPS) is 10.6. The highest BCUT2D eigenvalue weighted by atomic mass is 127. The lowest BCUT2D eigenvalue weighted by Crippen LogP contribution is -2.06. The van der Waals surface area contributed by atoms with Crippen LogP contribution in [-0.2, 0) is 0 Å². The van der Waals surface area contributed by atoms with Gasteiger partial charge in [-0.05, 0) is 34.2 Å². The minimum Gasteiger partial charge on any atom is -0.274 e. The van der Waals surface area contributed by atoms with Crippen molar-refractivity contribution in [3.8, 4) is 0 Å². The Morgan fingerprint density at radius 1 is 1.62 bits per heavy atom. The van der Waals surface area contributed by atoms with Gasteiger partial charge in [-0.2, -0.15) is 0 Å². The lowest BCUT2D eigenvalue weighted by molar-refractivity contribution is -0.385. The fourth-order valence-corrected chi connectivity index (χ4v) is 1.72. The van der Waals surface area contributed by atoms with E-state index in [0.29, 0.717) is 0 Å². The number of alkyl halides is 2. The molecular formula is C7H2ClF2IN2O3. The first kappa shape index (κ1) is 13.2. The Hall–Kier alpha value is -0.900. The molecule has 0 N–H and O–H groups in total. The van der Waals surface area contributed by atoms with Crippen LogP contribution in [0.5, 0.6) is 0 Å². The van der Waals surface area contributed by atoms with Crippen molar-refractivity contribution in [1.82, 2.24) is 4.98 Å². The molecule has 0 aliphatic heterocycles. The second-order valence-electron chi connectivity index (χ2n) is 2.55. The van der Waals surface area contributed by atoms with Gasteiger partial charge >= 0.3 is 5.69 Å². The minimum absolute atomic E-state index is 0.0963. The Bertz CT molecular complexity index is 469. The summed E-state index contributed by atoms with van der Waals surface area (Å²) in [4.78, 5) is 23.6. The summed E-state index contributed by atoms with van der Waals surface area (Å²) in [7, 11) is 0. The van der Waals surface area contributed by atoms with Crippen molar-refractivity contribution in [3.05, 3.63) is 31.1 Å². The Morgan fingerprint density at radius 2 is 2.19 bits per heavy atom. The van der Waals surface area contributed by atoms with Gasteiger partial charge in [0.05, 0.1) is 4.92 Å². The Balaban J connectivity index is 3.49. The molecule has 9 heteroatoms. The highest BCUT2D eigenvalue weighted by Crippen LogP contribution is 2.28. The molecule has 0 fully saturated rings. The number of hydrogen-bond donors (Lipinski definition) is 0. The van der Waals surface area contributed by atoms with E-state index in [4.69, 9.17) is 11.6 Å². The maximum Gasteiger partial charge on any atom is 0.301 e. The van der Waals surface area contributed by atoms with E-state index in [9.17, 15) is 23.7 Å². The molecule has 0 amide bonds. The number of pyridine rings is 1. The molecular weight excluding hydrogens is 360 g/mol. The SMILES string of the molecule is O=C(Cl)c1nc(C(F)F)c(I)cc1[N+](=O)[O-]. The van der Waals surface area contributed by atoms with Crippen LogP contribution in [0.4, 0.5) is 14.5 Å². The molecule has 0 radical (unpaired) electrons. The summed E-state index contributed by atoms with van der Waals surface area (Å²) in [6.07, 6.45) is -2.93. The highest BCUT2D eigenvalue weighted by Gasteiger charge is 2.26. The van der Waals surface area contributed by atoms with E-state index in [-0.39, 0.29) is 3.57 Å². The molecule has 1 aromatic heterocycles. The van der Waals surface area contributed by atoms with E-state index in [0.717, 1.165) is 6.07 Å². The molecule has 5 nitrogen and oxygen atoms in total. The zero-order valence-corrected chi connectivity index (χ0v) is 10.2. The average molecular weight is 362 g/mol. The van der Waals surface area contributed by atoms with Crippen LogP contribution < -0.4 is 0 Å². The maximum absolute atomic E-state index is 12.4. The van der Waals surface area contributed by atoms with Gasteiger partial charge in [-0.3, -0.25) is 14.9 Å². The standard InChI is InChI=1S/C7H2ClF2IN2O3/c8-6(14)5-3(13(15)16)1-2(11)4(12-5)7(9)10/h1,7H. The van der Waals surface area contributed by atoms with Crippen LogP contribution in [0, 0.1) is 13.7 Å². The topological polar surface area (TPSA) is 73.1 Å². The van der Waals surface area contributed by atoms with E-state index in [1.54, 1.807) is 0 Å². The van der Waals surface area contributed by atoms with Crippen molar-refractivity contribution in [1.29, 1.82) is 0 Å². The zero-order chi connectivity index (χ0) is 12.5. The number of nitro groups is 1. The Kier molecular flexibility index (Phi) is 4.08. The van der Waals surface area contributed by atoms with Crippen LogP contribution in [0.2, 0.25) is 0 Å². The van der Waals surface area contributed by atoms with E-state index in [1.165, 1.54) is 22.6 Å². The Labute approximate surface area is 106 Å². The van der Waals surface area contributed by atoms with E-state index in [1.807, 2.05) is 0 Å². The fraction of sp³-hybridized carbons (Fsp3) is 0.143. The van der Waals surface area contributed by atoms with Gasteiger partial charge in [0.25, 0.3) is 11.7 Å². The predicted molar refractivity (Wildman–Crippen MR) is 58.7 cm³/mol. The van der Waals surface area contributed by atoms with Crippen molar-refractivity contribution >= 4 is 45.1 Å². The molecule has 0 atom stereocenters. The van der Waals surface area contributed by atoms with Gasteiger partial charge in [-0.1, -0.05) is 0 Å². The van der Waals surface area contributed by atoms with E-state index < -0.39 is 33.7 Å².